The maximum atomic E-state index is 7.76. The van der Waals surface area contributed by atoms with Gasteiger partial charge in [-0.15, -0.1) is 22.2 Å². The smallest absolute Gasteiger partial charge is 0.167 e. The van der Waals surface area contributed by atoms with Crippen LogP contribution in [0.15, 0.2) is 0 Å². The molecule has 0 saturated heterocycles. The summed E-state index contributed by atoms with van der Waals surface area (Å²) in [5.41, 5.74) is 2.02. The summed E-state index contributed by atoms with van der Waals surface area (Å²) < 4.78 is 0. The molecule has 134 valence electrons. The van der Waals surface area contributed by atoms with Crippen LogP contribution in [0.1, 0.15) is 96.3 Å². The standard InChI is InChI=1S/C18H33Cl3Si2/c19-22(16-10-4-1-5-11-16,17-12-6-2-7-13-17)23(20,21)18-14-8-3-9-15-18/h16-18H,1-15H2. The van der Waals surface area contributed by atoms with Crippen molar-refractivity contribution < 1.29 is 0 Å². The Morgan fingerprint density at radius 1 is 0.435 bits per heavy atom. The van der Waals surface area contributed by atoms with Crippen LogP contribution in [0.4, 0.5) is 0 Å². The molecule has 0 nitrogen and oxygen atoms in total. The lowest BCUT2D eigenvalue weighted by Gasteiger charge is -2.50. The average molecular weight is 412 g/mol. The Morgan fingerprint density at radius 3 is 1.09 bits per heavy atom. The third-order valence-electron chi connectivity index (χ3n) is 7.03. The fourth-order valence-electron chi connectivity index (χ4n) is 5.70. The predicted octanol–water partition coefficient (Wildman–Crippen LogP) is 8.17. The van der Waals surface area contributed by atoms with Gasteiger partial charge < -0.3 is 0 Å². The Morgan fingerprint density at radius 2 is 0.739 bits per heavy atom. The van der Waals surface area contributed by atoms with Gasteiger partial charge in [-0.25, -0.2) is 0 Å². The maximum Gasteiger partial charge on any atom is 0.260 e. The predicted molar refractivity (Wildman–Crippen MR) is 110 cm³/mol. The molecule has 0 aromatic carbocycles. The van der Waals surface area contributed by atoms with Gasteiger partial charge in [-0.2, -0.15) is 11.1 Å². The summed E-state index contributed by atoms with van der Waals surface area (Å²) in [5, 5.41) is 0. The van der Waals surface area contributed by atoms with Crippen molar-refractivity contribution in [3.8, 4) is 0 Å². The van der Waals surface area contributed by atoms with E-state index in [1.165, 1.54) is 96.3 Å². The van der Waals surface area contributed by atoms with Crippen molar-refractivity contribution in [3.63, 3.8) is 0 Å². The summed E-state index contributed by atoms with van der Waals surface area (Å²) in [6, 6.07) is 0. The van der Waals surface area contributed by atoms with Gasteiger partial charge in [0.15, 0.2) is 6.90 Å². The van der Waals surface area contributed by atoms with Crippen LogP contribution >= 0.6 is 33.2 Å². The Labute approximate surface area is 159 Å². The second-order valence-corrected chi connectivity index (χ2v) is 27.4. The average Bonchev–Trinajstić information content (AvgIpc) is 2.63. The van der Waals surface area contributed by atoms with Crippen molar-refractivity contribution in [1.82, 2.24) is 0 Å². The summed E-state index contributed by atoms with van der Waals surface area (Å²) in [4.78, 5) is 0. The third-order valence-corrected chi connectivity index (χ3v) is 33.7. The van der Waals surface area contributed by atoms with E-state index in [4.69, 9.17) is 33.2 Å². The zero-order valence-electron chi connectivity index (χ0n) is 14.5. The van der Waals surface area contributed by atoms with Gasteiger partial charge in [0.05, 0.1) is 0 Å². The topological polar surface area (TPSA) is 0 Å². The number of rotatable bonds is 4. The van der Waals surface area contributed by atoms with Gasteiger partial charge in [-0.1, -0.05) is 96.3 Å². The second kappa shape index (κ2) is 8.33. The molecule has 3 rings (SSSR count). The molecule has 5 heteroatoms. The molecule has 0 spiro atoms. The van der Waals surface area contributed by atoms with Crippen molar-refractivity contribution >= 4 is 46.3 Å². The molecular weight excluding hydrogens is 379 g/mol. The Kier molecular flexibility index (Phi) is 6.91. The molecule has 0 bridgehead atoms. The molecule has 0 amide bonds. The van der Waals surface area contributed by atoms with E-state index < -0.39 is 13.1 Å². The molecule has 0 atom stereocenters. The molecule has 3 aliphatic carbocycles. The van der Waals surface area contributed by atoms with Crippen molar-refractivity contribution in [2.45, 2.75) is 113 Å². The van der Waals surface area contributed by atoms with Crippen molar-refractivity contribution in [1.29, 1.82) is 0 Å². The number of hydrogen-bond acceptors (Lipinski definition) is 0. The van der Waals surface area contributed by atoms with Crippen molar-refractivity contribution in [2.75, 3.05) is 0 Å². The van der Waals surface area contributed by atoms with Crippen LogP contribution in [0.5, 0.6) is 0 Å². The molecule has 23 heavy (non-hydrogen) atoms. The van der Waals surface area contributed by atoms with Gasteiger partial charge in [0.25, 0.3) is 6.21 Å². The van der Waals surface area contributed by atoms with Gasteiger partial charge >= 0.3 is 0 Å². The van der Waals surface area contributed by atoms with E-state index in [0.29, 0.717) is 16.6 Å². The lowest BCUT2D eigenvalue weighted by molar-refractivity contribution is 0.460. The molecular formula is C18H33Cl3Si2. The van der Waals surface area contributed by atoms with Crippen LogP contribution in [-0.2, 0) is 0 Å². The highest BCUT2D eigenvalue weighted by atomic mass is 35.7. The first kappa shape index (κ1) is 19.1. The molecule has 0 aliphatic heterocycles. The molecule has 0 heterocycles. The van der Waals surface area contributed by atoms with Gasteiger partial charge in [-0.05, 0) is 16.6 Å². The Balaban J connectivity index is 1.88. The maximum absolute atomic E-state index is 7.76. The summed E-state index contributed by atoms with van der Waals surface area (Å²) in [5.74, 6) is 0. The van der Waals surface area contributed by atoms with Crippen LogP contribution < -0.4 is 0 Å². The minimum atomic E-state index is -2.38. The molecule has 3 saturated carbocycles. The Hall–Kier alpha value is 1.30. The van der Waals surface area contributed by atoms with E-state index in [-0.39, 0.29) is 0 Å². The Bertz CT molecular complexity index is 352. The number of halogens is 3. The SMILES string of the molecule is Cl[Si](Cl)(C1CCCCC1)[Si](Cl)(C1CCCCC1)C1CCCCC1. The molecule has 0 aromatic rings. The summed E-state index contributed by atoms with van der Waals surface area (Å²) in [6.07, 6.45) is 17.7. The molecule has 3 aliphatic rings. The largest absolute Gasteiger partial charge is 0.260 e. The normalized spacial score (nSPS) is 27.3. The summed E-state index contributed by atoms with van der Waals surface area (Å²) in [7, 11) is 0. The van der Waals surface area contributed by atoms with Crippen LogP contribution in [0, 0.1) is 0 Å². The highest BCUT2D eigenvalue weighted by Gasteiger charge is 2.64. The highest BCUT2D eigenvalue weighted by molar-refractivity contribution is 7.84. The van der Waals surface area contributed by atoms with E-state index in [0.717, 1.165) is 0 Å². The molecule has 0 N–H and O–H groups in total. The molecule has 0 radical (unpaired) electrons. The first-order valence-corrected chi connectivity index (χ1v) is 18.4. The van der Waals surface area contributed by atoms with Crippen molar-refractivity contribution in [3.05, 3.63) is 0 Å². The monoisotopic (exact) mass is 410 g/mol. The fourth-order valence-corrected chi connectivity index (χ4v) is 29.0. The fraction of sp³-hybridized carbons (Fsp3) is 1.00. The third kappa shape index (κ3) is 3.87. The first-order valence-electron chi connectivity index (χ1n) is 10.1. The van der Waals surface area contributed by atoms with Gasteiger partial charge in [-0.3, -0.25) is 0 Å². The quantitative estimate of drug-likeness (QED) is 0.323. The van der Waals surface area contributed by atoms with Gasteiger partial charge in [0.1, 0.15) is 0 Å². The highest BCUT2D eigenvalue weighted by Crippen LogP contribution is 2.60. The number of hydrogen-bond donors (Lipinski definition) is 0. The van der Waals surface area contributed by atoms with Crippen molar-refractivity contribution in [2.24, 2.45) is 0 Å². The van der Waals surface area contributed by atoms with Crippen LogP contribution in [0.25, 0.3) is 0 Å². The lowest BCUT2D eigenvalue weighted by atomic mass is 9.99. The van der Waals surface area contributed by atoms with E-state index >= 15 is 0 Å². The van der Waals surface area contributed by atoms with Crippen LogP contribution in [0.3, 0.4) is 0 Å². The molecule has 0 aromatic heterocycles. The summed E-state index contributed by atoms with van der Waals surface area (Å²) in [6.45, 7) is -2.12. The van der Waals surface area contributed by atoms with E-state index in [1.54, 1.807) is 0 Å². The van der Waals surface area contributed by atoms with Crippen LogP contribution in [-0.4, -0.2) is 13.1 Å². The second-order valence-electron chi connectivity index (χ2n) is 8.40. The lowest BCUT2D eigenvalue weighted by Crippen LogP contribution is -2.61. The van der Waals surface area contributed by atoms with Gasteiger partial charge in [0.2, 0.25) is 0 Å². The molecule has 0 unspecified atom stereocenters. The van der Waals surface area contributed by atoms with E-state index in [2.05, 4.69) is 0 Å². The summed E-state index contributed by atoms with van der Waals surface area (Å²) >= 11 is 22.6. The minimum Gasteiger partial charge on any atom is -0.167 e. The van der Waals surface area contributed by atoms with E-state index in [1.807, 2.05) is 0 Å². The van der Waals surface area contributed by atoms with Crippen LogP contribution in [0.2, 0.25) is 16.6 Å². The molecule has 3 fully saturated rings. The first-order chi connectivity index (χ1) is 11.1. The zero-order chi connectivity index (χ0) is 16.3. The minimum absolute atomic E-state index is 0.590. The van der Waals surface area contributed by atoms with E-state index in [9.17, 15) is 0 Å². The van der Waals surface area contributed by atoms with Gasteiger partial charge in [0, 0.05) is 0 Å². The zero-order valence-corrected chi connectivity index (χ0v) is 18.7.